The van der Waals surface area contributed by atoms with E-state index in [1.807, 2.05) is 48.2 Å². The lowest BCUT2D eigenvalue weighted by molar-refractivity contribution is 0.0981. The molecule has 110 valence electrons. The van der Waals surface area contributed by atoms with E-state index in [0.29, 0.717) is 5.56 Å². The van der Waals surface area contributed by atoms with Crippen molar-refractivity contribution >= 4 is 33.1 Å². The summed E-state index contributed by atoms with van der Waals surface area (Å²) in [6.07, 6.45) is 0.917. The molecule has 0 bridgehead atoms. The van der Waals surface area contributed by atoms with Crippen molar-refractivity contribution in [2.24, 2.45) is 0 Å². The Morgan fingerprint density at radius 2 is 2.09 bits per heavy atom. The molecule has 22 heavy (non-hydrogen) atoms. The number of aromatic nitrogens is 1. The van der Waals surface area contributed by atoms with Crippen LogP contribution in [0.2, 0.25) is 0 Å². The summed E-state index contributed by atoms with van der Waals surface area (Å²) >= 11 is 1.66. The summed E-state index contributed by atoms with van der Waals surface area (Å²) in [5, 5.41) is 1.03. The maximum atomic E-state index is 13.0. The topological polar surface area (TPSA) is 33.2 Å². The number of nitrogens with zero attached hydrogens (tertiary/aromatic N) is 2. The first-order chi connectivity index (χ1) is 10.6. The van der Waals surface area contributed by atoms with Crippen LogP contribution in [0.15, 0.2) is 42.5 Å². The van der Waals surface area contributed by atoms with E-state index in [0.717, 1.165) is 27.3 Å². The molecule has 0 radical (unpaired) electrons. The smallest absolute Gasteiger partial charge is 0.258 e. The Bertz CT molecular complexity index is 884. The zero-order valence-corrected chi connectivity index (χ0v) is 13.4. The van der Waals surface area contributed by atoms with Crippen LogP contribution in [-0.2, 0) is 6.42 Å². The molecular weight excluding hydrogens is 292 g/mol. The van der Waals surface area contributed by atoms with E-state index in [2.05, 4.69) is 18.0 Å². The number of para-hydroxylation sites is 1. The van der Waals surface area contributed by atoms with Gasteiger partial charge >= 0.3 is 0 Å². The average molecular weight is 308 g/mol. The van der Waals surface area contributed by atoms with Crippen LogP contribution in [0.5, 0.6) is 0 Å². The maximum absolute atomic E-state index is 13.0. The van der Waals surface area contributed by atoms with E-state index < -0.39 is 0 Å². The molecule has 2 aromatic carbocycles. The molecule has 0 unspecified atom stereocenters. The lowest BCUT2D eigenvalue weighted by atomic mass is 10.1. The molecule has 1 atom stereocenters. The van der Waals surface area contributed by atoms with Gasteiger partial charge in [-0.3, -0.25) is 4.79 Å². The molecule has 0 aliphatic carbocycles. The Morgan fingerprint density at radius 3 is 2.95 bits per heavy atom. The van der Waals surface area contributed by atoms with Crippen LogP contribution >= 0.6 is 11.3 Å². The maximum Gasteiger partial charge on any atom is 0.258 e. The van der Waals surface area contributed by atoms with Crippen molar-refractivity contribution in [1.29, 1.82) is 0 Å². The van der Waals surface area contributed by atoms with Gasteiger partial charge in [0.25, 0.3) is 5.91 Å². The summed E-state index contributed by atoms with van der Waals surface area (Å²) in [7, 11) is 0. The third kappa shape index (κ3) is 2.03. The van der Waals surface area contributed by atoms with Gasteiger partial charge in [-0.25, -0.2) is 4.98 Å². The normalized spacial score (nSPS) is 17.0. The van der Waals surface area contributed by atoms with Gasteiger partial charge in [-0.1, -0.05) is 18.2 Å². The quantitative estimate of drug-likeness (QED) is 0.675. The van der Waals surface area contributed by atoms with Gasteiger partial charge in [-0.15, -0.1) is 11.3 Å². The highest BCUT2D eigenvalue weighted by atomic mass is 32.1. The van der Waals surface area contributed by atoms with Crippen LogP contribution in [0.4, 0.5) is 5.69 Å². The fourth-order valence-corrected chi connectivity index (χ4v) is 4.00. The molecule has 0 spiro atoms. The van der Waals surface area contributed by atoms with Crippen molar-refractivity contribution in [3.8, 4) is 0 Å². The second-order valence-corrected chi connectivity index (χ2v) is 7.01. The standard InChI is InChI=1S/C18H16N2OS/c1-11-9-13-5-3-4-6-16(13)20(11)18(21)14-7-8-17-15(10-14)19-12(2)22-17/h3-8,10-11H,9H2,1-2H3/t11-/m1/s1. The van der Waals surface area contributed by atoms with Crippen molar-refractivity contribution in [1.82, 2.24) is 4.98 Å². The van der Waals surface area contributed by atoms with E-state index in [1.54, 1.807) is 11.3 Å². The molecule has 3 nitrogen and oxygen atoms in total. The SMILES string of the molecule is Cc1nc2cc(C(=O)N3c4ccccc4C[C@H]3C)ccc2s1. The van der Waals surface area contributed by atoms with Gasteiger partial charge in [-0.05, 0) is 50.1 Å². The molecule has 1 aliphatic rings. The lowest BCUT2D eigenvalue weighted by Gasteiger charge is -2.22. The van der Waals surface area contributed by atoms with E-state index >= 15 is 0 Å². The third-order valence-corrected chi connectivity index (χ3v) is 5.12. The van der Waals surface area contributed by atoms with E-state index in [4.69, 9.17) is 0 Å². The van der Waals surface area contributed by atoms with Crippen molar-refractivity contribution in [3.05, 3.63) is 58.6 Å². The minimum atomic E-state index is 0.0602. The summed E-state index contributed by atoms with van der Waals surface area (Å²) < 4.78 is 1.13. The van der Waals surface area contributed by atoms with Crippen LogP contribution in [-0.4, -0.2) is 16.9 Å². The molecule has 0 fully saturated rings. The predicted octanol–water partition coefficient (Wildman–Crippen LogP) is 4.20. The minimum absolute atomic E-state index is 0.0602. The number of thiazole rings is 1. The molecular formula is C18H16N2OS. The van der Waals surface area contributed by atoms with E-state index in [-0.39, 0.29) is 11.9 Å². The van der Waals surface area contributed by atoms with Gasteiger partial charge < -0.3 is 4.90 Å². The first-order valence-corrected chi connectivity index (χ1v) is 8.24. The molecule has 2 heterocycles. The number of anilines is 1. The summed E-state index contributed by atoms with van der Waals surface area (Å²) in [6, 6.07) is 14.2. The molecule has 3 aromatic rings. The van der Waals surface area contributed by atoms with Crippen LogP contribution < -0.4 is 4.90 Å². The molecule has 1 aromatic heterocycles. The second-order valence-electron chi connectivity index (χ2n) is 5.77. The van der Waals surface area contributed by atoms with E-state index in [9.17, 15) is 4.79 Å². The summed E-state index contributed by atoms with van der Waals surface area (Å²) in [5.41, 5.74) is 3.90. The Labute approximate surface area is 133 Å². The van der Waals surface area contributed by atoms with E-state index in [1.165, 1.54) is 5.56 Å². The fraction of sp³-hybridized carbons (Fsp3) is 0.222. The lowest BCUT2D eigenvalue weighted by Crippen LogP contribution is -2.35. The molecule has 4 heteroatoms. The largest absolute Gasteiger partial charge is 0.305 e. The minimum Gasteiger partial charge on any atom is -0.305 e. The zero-order valence-electron chi connectivity index (χ0n) is 12.5. The Kier molecular flexibility index (Phi) is 3.01. The van der Waals surface area contributed by atoms with Gasteiger partial charge in [0.15, 0.2) is 0 Å². The summed E-state index contributed by atoms with van der Waals surface area (Å²) in [5.74, 6) is 0.0602. The monoisotopic (exact) mass is 308 g/mol. The Hall–Kier alpha value is -2.20. The number of carbonyl (C=O) groups is 1. The van der Waals surface area contributed by atoms with Gasteiger partial charge in [0.1, 0.15) is 0 Å². The molecule has 1 aliphatic heterocycles. The first kappa shape index (κ1) is 13.5. The number of hydrogen-bond acceptors (Lipinski definition) is 3. The molecule has 1 amide bonds. The number of rotatable bonds is 1. The van der Waals surface area contributed by atoms with Crippen molar-refractivity contribution in [2.75, 3.05) is 4.90 Å². The van der Waals surface area contributed by atoms with Crippen LogP contribution in [0, 0.1) is 6.92 Å². The number of benzene rings is 2. The van der Waals surface area contributed by atoms with Crippen LogP contribution in [0.1, 0.15) is 27.9 Å². The van der Waals surface area contributed by atoms with Gasteiger partial charge in [0, 0.05) is 17.3 Å². The number of fused-ring (bicyclic) bond motifs is 2. The third-order valence-electron chi connectivity index (χ3n) is 4.17. The van der Waals surface area contributed by atoms with Crippen molar-refractivity contribution in [2.45, 2.75) is 26.3 Å². The molecule has 0 N–H and O–H groups in total. The van der Waals surface area contributed by atoms with Crippen molar-refractivity contribution in [3.63, 3.8) is 0 Å². The van der Waals surface area contributed by atoms with Gasteiger partial charge in [0.2, 0.25) is 0 Å². The second kappa shape index (κ2) is 4.92. The number of amides is 1. The fourth-order valence-electron chi connectivity index (χ4n) is 3.19. The summed E-state index contributed by atoms with van der Waals surface area (Å²) in [6.45, 7) is 4.09. The zero-order chi connectivity index (χ0) is 15.3. The Morgan fingerprint density at radius 1 is 1.27 bits per heavy atom. The van der Waals surface area contributed by atoms with Crippen LogP contribution in [0.25, 0.3) is 10.2 Å². The number of carbonyl (C=O) groups excluding carboxylic acids is 1. The number of hydrogen-bond donors (Lipinski definition) is 0. The Balaban J connectivity index is 1.76. The van der Waals surface area contributed by atoms with Crippen LogP contribution in [0.3, 0.4) is 0 Å². The molecule has 4 rings (SSSR count). The number of aryl methyl sites for hydroxylation is 1. The molecule has 0 saturated carbocycles. The van der Waals surface area contributed by atoms with Gasteiger partial charge in [-0.2, -0.15) is 0 Å². The first-order valence-electron chi connectivity index (χ1n) is 7.42. The van der Waals surface area contributed by atoms with Gasteiger partial charge in [0.05, 0.1) is 15.2 Å². The highest BCUT2D eigenvalue weighted by Crippen LogP contribution is 2.33. The highest BCUT2D eigenvalue weighted by Gasteiger charge is 2.31. The summed E-state index contributed by atoms with van der Waals surface area (Å²) in [4.78, 5) is 19.4. The highest BCUT2D eigenvalue weighted by molar-refractivity contribution is 7.18. The molecule has 0 saturated heterocycles. The predicted molar refractivity (Wildman–Crippen MR) is 90.8 cm³/mol. The average Bonchev–Trinajstić information content (AvgIpc) is 3.03. The van der Waals surface area contributed by atoms with Crippen molar-refractivity contribution < 1.29 is 4.79 Å².